The molecule has 2 atom stereocenters. The maximum absolute atomic E-state index is 10.5. The minimum atomic E-state index is -0.548. The van der Waals surface area contributed by atoms with Crippen molar-refractivity contribution >= 4 is 0 Å². The summed E-state index contributed by atoms with van der Waals surface area (Å²) >= 11 is 0. The van der Waals surface area contributed by atoms with E-state index in [0.717, 1.165) is 5.56 Å². The molecule has 2 unspecified atom stereocenters. The average molecular weight is 265 g/mol. The van der Waals surface area contributed by atoms with Crippen LogP contribution in [0.4, 0.5) is 0 Å². The summed E-state index contributed by atoms with van der Waals surface area (Å²) in [6, 6.07) is 8.10. The number of aliphatic hydroxyl groups excluding tert-OH is 2. The van der Waals surface area contributed by atoms with Gasteiger partial charge in [0.2, 0.25) is 0 Å². The van der Waals surface area contributed by atoms with Crippen LogP contribution < -0.4 is 5.32 Å². The van der Waals surface area contributed by atoms with Crippen molar-refractivity contribution < 1.29 is 10.2 Å². The third-order valence-electron chi connectivity index (χ3n) is 3.49. The Hall–Kier alpha value is -0.900. The molecule has 108 valence electrons. The van der Waals surface area contributed by atoms with Gasteiger partial charge in [-0.1, -0.05) is 52.0 Å². The number of hydrogen-bond donors (Lipinski definition) is 3. The Kier molecular flexibility index (Phi) is 6.49. The molecule has 0 bridgehead atoms. The van der Waals surface area contributed by atoms with Crippen molar-refractivity contribution in [1.82, 2.24) is 5.32 Å². The Bertz CT molecular complexity index is 360. The van der Waals surface area contributed by atoms with Crippen LogP contribution in [-0.2, 0) is 0 Å². The fourth-order valence-electron chi connectivity index (χ4n) is 2.23. The lowest BCUT2D eigenvalue weighted by Gasteiger charge is -2.28. The summed E-state index contributed by atoms with van der Waals surface area (Å²) in [5, 5.41) is 22.6. The van der Waals surface area contributed by atoms with Gasteiger partial charge >= 0.3 is 0 Å². The quantitative estimate of drug-likeness (QED) is 0.710. The van der Waals surface area contributed by atoms with Gasteiger partial charge < -0.3 is 15.5 Å². The molecule has 1 aromatic rings. The second-order valence-corrected chi connectivity index (χ2v) is 5.71. The van der Waals surface area contributed by atoms with Crippen molar-refractivity contribution in [3.8, 4) is 0 Å². The number of nitrogens with one attached hydrogen (secondary N) is 1. The summed E-state index contributed by atoms with van der Waals surface area (Å²) in [5.74, 6) is 0.797. The highest BCUT2D eigenvalue weighted by Gasteiger charge is 2.23. The zero-order valence-electron chi connectivity index (χ0n) is 12.4. The number of rotatable bonds is 7. The molecule has 19 heavy (non-hydrogen) atoms. The maximum Gasteiger partial charge on any atom is 0.0945 e. The molecule has 0 heterocycles. The van der Waals surface area contributed by atoms with Gasteiger partial charge in [-0.3, -0.25) is 0 Å². The molecule has 0 radical (unpaired) electrons. The fourth-order valence-corrected chi connectivity index (χ4v) is 2.23. The lowest BCUT2D eigenvalue weighted by atomic mass is 9.92. The third kappa shape index (κ3) is 4.60. The van der Waals surface area contributed by atoms with E-state index in [1.165, 1.54) is 5.56 Å². The highest BCUT2D eigenvalue weighted by atomic mass is 16.3. The van der Waals surface area contributed by atoms with E-state index in [2.05, 4.69) is 45.1 Å². The van der Waals surface area contributed by atoms with E-state index < -0.39 is 6.10 Å². The van der Waals surface area contributed by atoms with Gasteiger partial charge in [0, 0.05) is 12.6 Å². The van der Waals surface area contributed by atoms with Crippen molar-refractivity contribution in [1.29, 1.82) is 0 Å². The largest absolute Gasteiger partial charge is 0.395 e. The first kappa shape index (κ1) is 16.2. The van der Waals surface area contributed by atoms with Gasteiger partial charge in [-0.15, -0.1) is 0 Å². The SMILES string of the molecule is CC(C)c1ccc(C(O)C(NCCO)C(C)C)cc1. The van der Waals surface area contributed by atoms with Crippen LogP contribution in [0.3, 0.4) is 0 Å². The van der Waals surface area contributed by atoms with E-state index in [1.807, 2.05) is 12.1 Å². The fraction of sp³-hybridized carbons (Fsp3) is 0.625. The van der Waals surface area contributed by atoms with Gasteiger partial charge in [0.15, 0.2) is 0 Å². The van der Waals surface area contributed by atoms with Gasteiger partial charge in [0.05, 0.1) is 12.7 Å². The lowest BCUT2D eigenvalue weighted by Crippen LogP contribution is -2.40. The first-order valence-electron chi connectivity index (χ1n) is 7.09. The molecular weight excluding hydrogens is 238 g/mol. The minimum Gasteiger partial charge on any atom is -0.395 e. The molecule has 1 aromatic carbocycles. The summed E-state index contributed by atoms with van der Waals surface area (Å²) in [6.07, 6.45) is -0.548. The minimum absolute atomic E-state index is 0.0444. The highest BCUT2D eigenvalue weighted by Crippen LogP contribution is 2.24. The Morgan fingerprint density at radius 3 is 1.95 bits per heavy atom. The molecule has 0 saturated carbocycles. The van der Waals surface area contributed by atoms with Crippen molar-refractivity contribution in [2.45, 2.75) is 45.8 Å². The Morgan fingerprint density at radius 1 is 1.00 bits per heavy atom. The molecule has 0 amide bonds. The normalized spacial score (nSPS) is 14.9. The van der Waals surface area contributed by atoms with Crippen LogP contribution in [0.25, 0.3) is 0 Å². The van der Waals surface area contributed by atoms with E-state index in [1.54, 1.807) is 0 Å². The molecule has 1 rings (SSSR count). The maximum atomic E-state index is 10.5. The molecule has 0 fully saturated rings. The third-order valence-corrected chi connectivity index (χ3v) is 3.49. The smallest absolute Gasteiger partial charge is 0.0945 e. The zero-order valence-corrected chi connectivity index (χ0v) is 12.4. The van der Waals surface area contributed by atoms with E-state index in [4.69, 9.17) is 5.11 Å². The molecular formula is C16H27NO2. The van der Waals surface area contributed by atoms with Crippen LogP contribution in [0.5, 0.6) is 0 Å². The van der Waals surface area contributed by atoms with Crippen LogP contribution in [0.2, 0.25) is 0 Å². The Morgan fingerprint density at radius 2 is 1.53 bits per heavy atom. The molecule has 3 N–H and O–H groups in total. The van der Waals surface area contributed by atoms with Crippen LogP contribution >= 0.6 is 0 Å². The van der Waals surface area contributed by atoms with E-state index in [-0.39, 0.29) is 12.6 Å². The van der Waals surface area contributed by atoms with Crippen molar-refractivity contribution in [2.24, 2.45) is 5.92 Å². The molecule has 0 aliphatic heterocycles. The summed E-state index contributed by atoms with van der Waals surface area (Å²) in [4.78, 5) is 0. The predicted octanol–water partition coefficient (Wildman–Crippen LogP) is 2.45. The van der Waals surface area contributed by atoms with Crippen LogP contribution in [0, 0.1) is 5.92 Å². The molecule has 0 spiro atoms. The Balaban J connectivity index is 2.80. The predicted molar refractivity (Wildman–Crippen MR) is 79.2 cm³/mol. The summed E-state index contributed by atoms with van der Waals surface area (Å²) < 4.78 is 0. The van der Waals surface area contributed by atoms with Crippen molar-refractivity contribution in [2.75, 3.05) is 13.2 Å². The summed E-state index contributed by atoms with van der Waals surface area (Å²) in [7, 11) is 0. The summed E-state index contributed by atoms with van der Waals surface area (Å²) in [6.45, 7) is 9.05. The molecule has 0 aromatic heterocycles. The van der Waals surface area contributed by atoms with Gasteiger partial charge in [0.25, 0.3) is 0 Å². The molecule has 0 aliphatic carbocycles. The Labute approximate surface area is 116 Å². The second-order valence-electron chi connectivity index (χ2n) is 5.71. The molecule has 3 nitrogen and oxygen atoms in total. The van der Waals surface area contributed by atoms with Crippen LogP contribution in [-0.4, -0.2) is 29.4 Å². The number of benzene rings is 1. The number of hydrogen-bond acceptors (Lipinski definition) is 3. The second kappa shape index (κ2) is 7.63. The van der Waals surface area contributed by atoms with E-state index >= 15 is 0 Å². The lowest BCUT2D eigenvalue weighted by molar-refractivity contribution is 0.102. The standard InChI is InChI=1S/C16H27NO2/c1-11(2)13-5-7-14(8-6-13)16(19)15(12(3)4)17-9-10-18/h5-8,11-12,15-19H,9-10H2,1-4H3. The van der Waals surface area contributed by atoms with Gasteiger partial charge in [0.1, 0.15) is 0 Å². The van der Waals surface area contributed by atoms with Crippen molar-refractivity contribution in [3.63, 3.8) is 0 Å². The van der Waals surface area contributed by atoms with Gasteiger partial charge in [-0.25, -0.2) is 0 Å². The first-order valence-corrected chi connectivity index (χ1v) is 7.09. The topological polar surface area (TPSA) is 52.5 Å². The van der Waals surface area contributed by atoms with Crippen LogP contribution in [0.1, 0.15) is 50.8 Å². The van der Waals surface area contributed by atoms with Gasteiger partial charge in [-0.05, 0) is 23.0 Å². The highest BCUT2D eigenvalue weighted by molar-refractivity contribution is 5.27. The van der Waals surface area contributed by atoms with Crippen LogP contribution in [0.15, 0.2) is 24.3 Å². The first-order chi connectivity index (χ1) is 8.97. The molecule has 0 aliphatic rings. The van der Waals surface area contributed by atoms with Gasteiger partial charge in [-0.2, -0.15) is 0 Å². The number of aliphatic hydroxyl groups is 2. The zero-order chi connectivity index (χ0) is 14.4. The van der Waals surface area contributed by atoms with E-state index in [0.29, 0.717) is 18.4 Å². The summed E-state index contributed by atoms with van der Waals surface area (Å²) in [5.41, 5.74) is 2.20. The monoisotopic (exact) mass is 265 g/mol. The molecule has 3 heteroatoms. The van der Waals surface area contributed by atoms with Crippen molar-refractivity contribution in [3.05, 3.63) is 35.4 Å². The van der Waals surface area contributed by atoms with E-state index in [9.17, 15) is 5.11 Å². The molecule has 0 saturated heterocycles. The average Bonchev–Trinajstić information content (AvgIpc) is 2.38.